The molecule has 0 aromatic heterocycles. The highest BCUT2D eigenvalue weighted by atomic mass is 16.5. The molecule has 1 fully saturated rings. The molecule has 0 aromatic carbocycles. The molecular weight excluding hydrogens is 232 g/mol. The zero-order valence-electron chi connectivity index (χ0n) is 8.89. The van der Waals surface area contributed by atoms with Crippen molar-refractivity contribution in [2.75, 3.05) is 13.7 Å². The van der Waals surface area contributed by atoms with E-state index < -0.39 is 29.9 Å². The molecule has 92 valence electrons. The molecule has 1 aliphatic rings. The van der Waals surface area contributed by atoms with E-state index in [0.29, 0.717) is 0 Å². The van der Waals surface area contributed by atoms with Crippen molar-refractivity contribution in [1.29, 1.82) is 0 Å². The summed E-state index contributed by atoms with van der Waals surface area (Å²) in [6, 6.07) is -1.54. The Kier molecular flexibility index (Phi) is 4.21. The Morgan fingerprint density at radius 3 is 2.47 bits per heavy atom. The molecule has 1 atom stereocenters. The van der Waals surface area contributed by atoms with Crippen LogP contribution in [0.5, 0.6) is 0 Å². The highest BCUT2D eigenvalue weighted by molar-refractivity contribution is 6.04. The Balaban J connectivity index is 2.34. The Bertz CT molecular complexity index is 389. The maximum absolute atomic E-state index is 11.0. The van der Waals surface area contributed by atoms with Crippen LogP contribution in [0.25, 0.3) is 0 Å². The van der Waals surface area contributed by atoms with E-state index in [1.54, 1.807) is 0 Å². The van der Waals surface area contributed by atoms with E-state index in [9.17, 15) is 19.2 Å². The van der Waals surface area contributed by atoms with E-state index in [4.69, 9.17) is 0 Å². The van der Waals surface area contributed by atoms with Gasteiger partial charge in [-0.05, 0) is 0 Å². The summed E-state index contributed by atoms with van der Waals surface area (Å²) in [5.41, 5.74) is 0. The molecule has 8 nitrogen and oxygen atoms in total. The van der Waals surface area contributed by atoms with Crippen LogP contribution in [-0.2, 0) is 23.9 Å². The number of carbonyl (C=O) groups excluding carboxylic acids is 4. The van der Waals surface area contributed by atoms with Crippen LogP contribution in [0.3, 0.4) is 0 Å². The van der Waals surface area contributed by atoms with Crippen LogP contribution in [0, 0.1) is 0 Å². The summed E-state index contributed by atoms with van der Waals surface area (Å²) in [6.07, 6.45) is 1.75. The van der Waals surface area contributed by atoms with Crippen LogP contribution in [0.2, 0.25) is 0 Å². The lowest BCUT2D eigenvalue weighted by Crippen LogP contribution is -2.34. The molecular formula is C9H10N2O6. The standard InChI is InChI=1S/C9H10N2O6/c1-16-6(12)2-3-7(13)17-4-5-8(14)11-9(15)10-5/h2-3,5H,4H2,1H3,(H2,10,11,14,15)/b3-2+. The monoisotopic (exact) mass is 242 g/mol. The van der Waals surface area contributed by atoms with Crippen LogP contribution in [0.4, 0.5) is 4.79 Å². The number of hydrogen-bond donors (Lipinski definition) is 2. The van der Waals surface area contributed by atoms with Gasteiger partial charge in [0.1, 0.15) is 12.6 Å². The molecule has 1 rings (SSSR count). The SMILES string of the molecule is COC(=O)/C=C/C(=O)OCC1NC(=O)NC1=O. The summed E-state index contributed by atoms with van der Waals surface area (Å²) in [7, 11) is 1.16. The number of esters is 2. The van der Waals surface area contributed by atoms with E-state index in [1.807, 2.05) is 5.32 Å². The topological polar surface area (TPSA) is 111 Å². The molecule has 0 radical (unpaired) electrons. The molecule has 3 amide bonds. The molecule has 0 aromatic rings. The van der Waals surface area contributed by atoms with Crippen molar-refractivity contribution in [1.82, 2.24) is 10.6 Å². The fourth-order valence-electron chi connectivity index (χ4n) is 0.994. The first-order valence-corrected chi connectivity index (χ1v) is 4.57. The van der Waals surface area contributed by atoms with Gasteiger partial charge in [0.15, 0.2) is 0 Å². The largest absolute Gasteiger partial charge is 0.466 e. The number of urea groups is 1. The lowest BCUT2D eigenvalue weighted by Gasteiger charge is -2.06. The number of nitrogens with one attached hydrogen (secondary N) is 2. The van der Waals surface area contributed by atoms with Crippen molar-refractivity contribution in [2.24, 2.45) is 0 Å². The number of amides is 3. The van der Waals surface area contributed by atoms with Gasteiger partial charge in [0.2, 0.25) is 0 Å². The van der Waals surface area contributed by atoms with Gasteiger partial charge < -0.3 is 14.8 Å². The maximum atomic E-state index is 11.0. The van der Waals surface area contributed by atoms with Gasteiger partial charge in [-0.1, -0.05) is 0 Å². The number of carbonyl (C=O) groups is 4. The molecule has 0 aliphatic carbocycles. The third-order valence-corrected chi connectivity index (χ3v) is 1.81. The van der Waals surface area contributed by atoms with Crippen molar-refractivity contribution in [2.45, 2.75) is 6.04 Å². The molecule has 0 saturated carbocycles. The van der Waals surface area contributed by atoms with Gasteiger partial charge in [-0.15, -0.1) is 0 Å². The molecule has 8 heteroatoms. The first-order valence-electron chi connectivity index (χ1n) is 4.57. The smallest absolute Gasteiger partial charge is 0.331 e. The summed E-state index contributed by atoms with van der Waals surface area (Å²) >= 11 is 0. The van der Waals surface area contributed by atoms with E-state index in [-0.39, 0.29) is 6.61 Å². The van der Waals surface area contributed by atoms with E-state index >= 15 is 0 Å². The molecule has 0 spiro atoms. The second-order valence-corrected chi connectivity index (χ2v) is 3.00. The van der Waals surface area contributed by atoms with Crippen molar-refractivity contribution in [3.8, 4) is 0 Å². The lowest BCUT2D eigenvalue weighted by molar-refractivity contribution is -0.140. The number of methoxy groups -OCH3 is 1. The lowest BCUT2D eigenvalue weighted by atomic mass is 10.3. The predicted octanol–water partition coefficient (Wildman–Crippen LogP) is -1.53. The fourth-order valence-corrected chi connectivity index (χ4v) is 0.994. The average molecular weight is 242 g/mol. The van der Waals surface area contributed by atoms with E-state index in [1.165, 1.54) is 0 Å². The first-order chi connectivity index (χ1) is 8.02. The van der Waals surface area contributed by atoms with Crippen molar-refractivity contribution in [3.63, 3.8) is 0 Å². The molecule has 2 N–H and O–H groups in total. The highest BCUT2D eigenvalue weighted by Gasteiger charge is 2.30. The van der Waals surface area contributed by atoms with Crippen LogP contribution in [-0.4, -0.2) is 43.6 Å². The first kappa shape index (κ1) is 12.7. The minimum absolute atomic E-state index is 0.304. The molecule has 1 heterocycles. The zero-order chi connectivity index (χ0) is 12.8. The third kappa shape index (κ3) is 3.93. The summed E-state index contributed by atoms with van der Waals surface area (Å²) in [6.45, 7) is -0.304. The predicted molar refractivity (Wildman–Crippen MR) is 52.6 cm³/mol. The molecule has 1 aliphatic heterocycles. The normalized spacial score (nSPS) is 18.8. The van der Waals surface area contributed by atoms with Gasteiger partial charge >= 0.3 is 18.0 Å². The molecule has 1 unspecified atom stereocenters. The van der Waals surface area contributed by atoms with Crippen molar-refractivity contribution in [3.05, 3.63) is 12.2 Å². The Labute approximate surface area is 95.9 Å². The second-order valence-electron chi connectivity index (χ2n) is 3.00. The fraction of sp³-hybridized carbons (Fsp3) is 0.333. The zero-order valence-corrected chi connectivity index (χ0v) is 8.89. The molecule has 17 heavy (non-hydrogen) atoms. The minimum atomic E-state index is -0.905. The van der Waals surface area contributed by atoms with Gasteiger partial charge in [-0.3, -0.25) is 10.1 Å². The Hall–Kier alpha value is -2.38. The van der Waals surface area contributed by atoms with Gasteiger partial charge in [0.05, 0.1) is 7.11 Å². The number of ether oxygens (including phenoxy) is 2. The molecule has 1 saturated heterocycles. The van der Waals surface area contributed by atoms with Gasteiger partial charge in [0, 0.05) is 12.2 Å². The maximum Gasteiger partial charge on any atom is 0.331 e. The number of imide groups is 1. The minimum Gasteiger partial charge on any atom is -0.466 e. The summed E-state index contributed by atoms with van der Waals surface area (Å²) < 4.78 is 8.89. The quantitative estimate of drug-likeness (QED) is 0.351. The van der Waals surface area contributed by atoms with E-state index in [0.717, 1.165) is 19.3 Å². The highest BCUT2D eigenvalue weighted by Crippen LogP contribution is 1.95. The number of hydrogen-bond acceptors (Lipinski definition) is 6. The Morgan fingerprint density at radius 1 is 1.29 bits per heavy atom. The summed E-state index contributed by atoms with van der Waals surface area (Å²) in [4.78, 5) is 43.4. The van der Waals surface area contributed by atoms with Gasteiger partial charge in [-0.25, -0.2) is 14.4 Å². The third-order valence-electron chi connectivity index (χ3n) is 1.81. The summed E-state index contributed by atoms with van der Waals surface area (Å²) in [5, 5.41) is 4.22. The van der Waals surface area contributed by atoms with Crippen molar-refractivity contribution < 1.29 is 28.7 Å². The number of rotatable bonds is 4. The van der Waals surface area contributed by atoms with Crippen LogP contribution in [0.1, 0.15) is 0 Å². The second kappa shape index (κ2) is 5.64. The van der Waals surface area contributed by atoms with Crippen LogP contribution in [0.15, 0.2) is 12.2 Å². The summed E-state index contributed by atoms with van der Waals surface area (Å²) in [5.74, 6) is -2.09. The Morgan fingerprint density at radius 2 is 1.94 bits per heavy atom. The van der Waals surface area contributed by atoms with Crippen LogP contribution >= 0.6 is 0 Å². The van der Waals surface area contributed by atoms with Crippen LogP contribution < -0.4 is 10.6 Å². The average Bonchev–Trinajstić information content (AvgIpc) is 2.62. The van der Waals surface area contributed by atoms with Crippen molar-refractivity contribution >= 4 is 23.9 Å². The molecule has 0 bridgehead atoms. The van der Waals surface area contributed by atoms with Gasteiger partial charge in [-0.2, -0.15) is 0 Å². The van der Waals surface area contributed by atoms with E-state index in [2.05, 4.69) is 14.8 Å². The van der Waals surface area contributed by atoms with Gasteiger partial charge in [0.25, 0.3) is 5.91 Å².